The van der Waals surface area contributed by atoms with E-state index in [0.717, 1.165) is 0 Å². The average molecular weight is 82.0 g/mol. The SMILES string of the molecule is OOOP. The third-order valence-corrected chi connectivity index (χ3v) is 0.129. The van der Waals surface area contributed by atoms with E-state index in [1.807, 2.05) is 0 Å². The molecule has 0 saturated carbocycles. The van der Waals surface area contributed by atoms with Crippen molar-refractivity contribution in [1.82, 2.24) is 0 Å². The van der Waals surface area contributed by atoms with Gasteiger partial charge in [-0.05, 0) is 0 Å². The zero-order chi connectivity index (χ0) is 3.41. The Hall–Kier alpha value is 0.310. The molecule has 4 heavy (non-hydrogen) atoms. The Balaban J connectivity index is 1.97. The Morgan fingerprint density at radius 1 is 1.75 bits per heavy atom. The Kier molecular flexibility index (Phi) is 3.57. The molecule has 0 spiro atoms. The average Bonchev–Trinajstić information content (AvgIpc) is 1.37. The molecule has 1 atom stereocenters. The van der Waals surface area contributed by atoms with Crippen LogP contribution in [0.2, 0.25) is 0 Å². The van der Waals surface area contributed by atoms with Crippen LogP contribution in [0.1, 0.15) is 0 Å². The molecule has 0 bridgehead atoms. The van der Waals surface area contributed by atoms with Crippen molar-refractivity contribution >= 4 is 9.47 Å². The van der Waals surface area contributed by atoms with Crippen LogP contribution in [0.3, 0.4) is 0 Å². The Bertz CT molecular complexity index is 5.25. The third-order valence-electron chi connectivity index (χ3n) is 0.0430. The molecule has 0 aliphatic heterocycles. The second kappa shape index (κ2) is 3.31. The summed E-state index contributed by atoms with van der Waals surface area (Å²) in [7, 11) is 1.68. The van der Waals surface area contributed by atoms with Gasteiger partial charge in [-0.15, -0.1) is 0 Å². The van der Waals surface area contributed by atoms with Gasteiger partial charge >= 0.3 is 0 Å². The van der Waals surface area contributed by atoms with Crippen molar-refractivity contribution in [2.24, 2.45) is 0 Å². The molecule has 0 amide bonds. The topological polar surface area (TPSA) is 38.7 Å². The predicted molar refractivity (Wildman–Crippen MR) is 14.5 cm³/mol. The van der Waals surface area contributed by atoms with E-state index in [4.69, 9.17) is 5.26 Å². The van der Waals surface area contributed by atoms with Crippen LogP contribution in [0.25, 0.3) is 0 Å². The van der Waals surface area contributed by atoms with Gasteiger partial charge in [-0.3, -0.25) is 0 Å². The molecule has 3 nitrogen and oxygen atoms in total. The van der Waals surface area contributed by atoms with Gasteiger partial charge in [-0.25, -0.2) is 5.26 Å². The van der Waals surface area contributed by atoms with Gasteiger partial charge in [-0.2, -0.15) is 4.67 Å². The summed E-state index contributed by atoms with van der Waals surface area (Å²) in [6.45, 7) is 0. The molecule has 0 saturated heterocycles. The molecule has 0 radical (unpaired) electrons. The quantitative estimate of drug-likeness (QED) is 0.279. The molecule has 26 valence electrons. The largest absolute Gasteiger partial charge is 0.221 e. The van der Waals surface area contributed by atoms with Crippen molar-refractivity contribution in [2.45, 2.75) is 0 Å². The molecule has 0 aliphatic rings. The van der Waals surface area contributed by atoms with Gasteiger partial charge in [-0.1, -0.05) is 5.04 Å². The molecule has 0 aromatic carbocycles. The fourth-order valence-corrected chi connectivity index (χ4v) is 0. The molecule has 0 aromatic rings. The first-order valence-electron chi connectivity index (χ1n) is 0.585. The zero-order valence-corrected chi connectivity index (χ0v) is 3.00. The van der Waals surface area contributed by atoms with Crippen LogP contribution in [0.15, 0.2) is 0 Å². The summed E-state index contributed by atoms with van der Waals surface area (Å²) in [4.78, 5) is 0. The number of hydrogen-bond donors (Lipinski definition) is 1. The molecular weight excluding hydrogens is 79.0 g/mol. The zero-order valence-electron chi connectivity index (χ0n) is 1.84. The maximum Gasteiger partial charge on any atom is 0.0455 e. The van der Waals surface area contributed by atoms with Crippen LogP contribution in [-0.2, 0) is 9.71 Å². The minimum Gasteiger partial charge on any atom is -0.221 e. The van der Waals surface area contributed by atoms with Gasteiger partial charge in [0.1, 0.15) is 0 Å². The Morgan fingerprint density at radius 3 is 2.00 bits per heavy atom. The summed E-state index contributed by atoms with van der Waals surface area (Å²) in [5, 5.41) is 10.1. The van der Waals surface area contributed by atoms with Crippen molar-refractivity contribution < 1.29 is 15.0 Å². The highest BCUT2D eigenvalue weighted by atomic mass is 31.0. The van der Waals surface area contributed by atoms with Crippen LogP contribution < -0.4 is 0 Å². The smallest absolute Gasteiger partial charge is 0.0455 e. The van der Waals surface area contributed by atoms with Crippen molar-refractivity contribution in [1.29, 1.82) is 0 Å². The summed E-state index contributed by atoms with van der Waals surface area (Å²) in [6, 6.07) is 0. The van der Waals surface area contributed by atoms with Gasteiger partial charge in [0, 0.05) is 9.47 Å². The van der Waals surface area contributed by atoms with E-state index in [1.165, 1.54) is 0 Å². The van der Waals surface area contributed by atoms with E-state index in [-0.39, 0.29) is 0 Å². The Labute approximate surface area is 25.7 Å². The standard InChI is InChI=1S/H3O3P/c1-2-3-4/h1H,4H2. The highest BCUT2D eigenvalue weighted by molar-refractivity contribution is 7.09. The van der Waals surface area contributed by atoms with E-state index in [9.17, 15) is 0 Å². The molecule has 0 aromatic heterocycles. The van der Waals surface area contributed by atoms with Crippen molar-refractivity contribution in [3.8, 4) is 0 Å². The van der Waals surface area contributed by atoms with Crippen LogP contribution in [0.4, 0.5) is 0 Å². The van der Waals surface area contributed by atoms with Gasteiger partial charge in [0.15, 0.2) is 0 Å². The molecule has 0 heterocycles. The lowest BCUT2D eigenvalue weighted by molar-refractivity contribution is -0.433. The van der Waals surface area contributed by atoms with Crippen molar-refractivity contribution in [3.05, 3.63) is 0 Å². The minimum atomic E-state index is 1.68. The van der Waals surface area contributed by atoms with Gasteiger partial charge in [0.05, 0.1) is 0 Å². The van der Waals surface area contributed by atoms with Gasteiger partial charge < -0.3 is 0 Å². The highest BCUT2D eigenvalue weighted by Gasteiger charge is 1.50. The first kappa shape index (κ1) is 4.31. The summed E-state index contributed by atoms with van der Waals surface area (Å²) in [5.41, 5.74) is 0. The highest BCUT2D eigenvalue weighted by Crippen LogP contribution is 1.77. The first-order chi connectivity index (χ1) is 1.91. The molecule has 0 rings (SSSR count). The number of rotatable bonds is 1. The maximum atomic E-state index is 7.13. The molecule has 4 heteroatoms. The number of hydrogen-bond acceptors (Lipinski definition) is 3. The molecule has 0 fully saturated rings. The monoisotopic (exact) mass is 82.0 g/mol. The van der Waals surface area contributed by atoms with E-state index in [0.29, 0.717) is 0 Å². The lowest BCUT2D eigenvalue weighted by Gasteiger charge is -1.74. The fourth-order valence-electron chi connectivity index (χ4n) is 0. The lowest BCUT2D eigenvalue weighted by atomic mass is 14.6. The molecule has 1 N–H and O–H groups in total. The second-order valence-corrected chi connectivity index (χ2v) is 0.363. The summed E-state index contributed by atoms with van der Waals surface area (Å²) >= 11 is 0. The lowest BCUT2D eigenvalue weighted by Crippen LogP contribution is -1.65. The summed E-state index contributed by atoms with van der Waals surface area (Å²) in [6.07, 6.45) is 0. The second-order valence-electron chi connectivity index (χ2n) is 0.171. The fraction of sp³-hybridized carbons (Fsp3) is 0. The van der Waals surface area contributed by atoms with E-state index in [2.05, 4.69) is 9.71 Å². The van der Waals surface area contributed by atoms with E-state index in [1.54, 1.807) is 9.47 Å². The predicted octanol–water partition coefficient (Wildman–Crippen LogP) is 0.198. The van der Waals surface area contributed by atoms with Crippen LogP contribution in [0.5, 0.6) is 0 Å². The minimum absolute atomic E-state index is 1.68. The van der Waals surface area contributed by atoms with Crippen molar-refractivity contribution in [2.75, 3.05) is 0 Å². The van der Waals surface area contributed by atoms with Crippen LogP contribution in [0, 0.1) is 0 Å². The summed E-state index contributed by atoms with van der Waals surface area (Å²) in [5.74, 6) is 0. The first-order valence-corrected chi connectivity index (χ1v) is 1.06. The third kappa shape index (κ3) is 2.31. The van der Waals surface area contributed by atoms with Gasteiger partial charge in [0.25, 0.3) is 0 Å². The molecular formula is H3O3P. The van der Waals surface area contributed by atoms with E-state index >= 15 is 0 Å². The van der Waals surface area contributed by atoms with Gasteiger partial charge in [0.2, 0.25) is 0 Å². The molecule has 1 unspecified atom stereocenters. The normalized spacial score (nSPS) is 7.50. The van der Waals surface area contributed by atoms with E-state index < -0.39 is 0 Å². The molecule has 0 aliphatic carbocycles. The maximum absolute atomic E-state index is 7.13. The van der Waals surface area contributed by atoms with Crippen molar-refractivity contribution in [3.63, 3.8) is 0 Å². The van der Waals surface area contributed by atoms with Crippen LogP contribution in [-0.4, -0.2) is 5.26 Å². The Morgan fingerprint density at radius 2 is 2.00 bits per heavy atom. The van der Waals surface area contributed by atoms with Crippen LogP contribution >= 0.6 is 9.47 Å². The summed E-state index contributed by atoms with van der Waals surface area (Å²) < 4.78 is 3.51.